The lowest BCUT2D eigenvalue weighted by molar-refractivity contribution is -0.179. The van der Waals surface area contributed by atoms with Gasteiger partial charge >= 0.3 is 5.69 Å². The molecule has 0 radical (unpaired) electrons. The zero-order chi connectivity index (χ0) is 20.2. The number of amides is 2. The Bertz CT molecular complexity index is 1070. The summed E-state index contributed by atoms with van der Waals surface area (Å²) in [5, 5.41) is 19.8. The maximum absolute atomic E-state index is 13.0. The van der Waals surface area contributed by atoms with E-state index in [1.54, 1.807) is 12.1 Å². The molecule has 0 unspecified atom stereocenters. The average molecular weight is 387 g/mol. The fourth-order valence-electron chi connectivity index (χ4n) is 3.67. The maximum atomic E-state index is 13.0. The topological polar surface area (TPSA) is 142 Å². The first-order chi connectivity index (χ1) is 13.3. The number of benzene rings is 1. The molecule has 10 heteroatoms. The predicted octanol–water partition coefficient (Wildman–Crippen LogP) is -1.11. The summed E-state index contributed by atoms with van der Waals surface area (Å²) in [6, 6.07) is 6.13. The van der Waals surface area contributed by atoms with Gasteiger partial charge in [-0.2, -0.15) is 0 Å². The number of aliphatic hydroxyl groups excluding tert-OH is 2. The number of imide groups is 1. The summed E-state index contributed by atoms with van der Waals surface area (Å²) in [5.41, 5.74) is -1.15. The Balaban J connectivity index is 1.96. The van der Waals surface area contributed by atoms with Crippen LogP contribution in [-0.2, 0) is 10.6 Å². The summed E-state index contributed by atoms with van der Waals surface area (Å²) in [6.45, 7) is 0.850. The van der Waals surface area contributed by atoms with E-state index in [1.807, 2.05) is 0 Å². The third kappa shape index (κ3) is 2.39. The molecule has 2 aromatic rings. The molecular formula is C18H17N3O7. The number of carbonyl (C=O) groups is 2. The molecule has 3 atom stereocenters. The molecule has 1 saturated heterocycles. The number of aliphatic hydroxyl groups is 2. The van der Waals surface area contributed by atoms with Crippen molar-refractivity contribution in [1.82, 2.24) is 14.5 Å². The minimum atomic E-state index is -2.04. The monoisotopic (exact) mass is 387 g/mol. The van der Waals surface area contributed by atoms with Crippen molar-refractivity contribution in [2.45, 2.75) is 31.4 Å². The van der Waals surface area contributed by atoms with E-state index >= 15 is 0 Å². The maximum Gasteiger partial charge on any atom is 0.332 e. The van der Waals surface area contributed by atoms with Gasteiger partial charge in [0.05, 0.1) is 23.8 Å². The molecule has 2 aliphatic heterocycles. The van der Waals surface area contributed by atoms with Gasteiger partial charge in [0.2, 0.25) is 5.85 Å². The van der Waals surface area contributed by atoms with E-state index in [0.717, 1.165) is 15.7 Å². The predicted molar refractivity (Wildman–Crippen MR) is 93.6 cm³/mol. The van der Waals surface area contributed by atoms with Crippen LogP contribution in [0.1, 0.15) is 32.7 Å². The molecule has 3 N–H and O–H groups in total. The molecule has 3 heterocycles. The highest BCUT2D eigenvalue weighted by Gasteiger charge is 2.58. The summed E-state index contributed by atoms with van der Waals surface area (Å²) in [7, 11) is 0. The smallest absolute Gasteiger partial charge is 0.332 e. The Kier molecular flexibility index (Phi) is 4.07. The molecule has 4 rings (SSSR count). The van der Waals surface area contributed by atoms with Crippen molar-refractivity contribution >= 4 is 11.8 Å². The number of hydrogen-bond acceptors (Lipinski definition) is 7. The molecule has 0 spiro atoms. The molecule has 1 aromatic carbocycles. The largest absolute Gasteiger partial charge is 0.394 e. The van der Waals surface area contributed by atoms with Gasteiger partial charge in [0.1, 0.15) is 6.10 Å². The molecular weight excluding hydrogens is 370 g/mol. The second-order valence-electron chi connectivity index (χ2n) is 6.79. The van der Waals surface area contributed by atoms with E-state index < -0.39 is 47.7 Å². The molecule has 2 aliphatic rings. The average Bonchev–Trinajstić information content (AvgIpc) is 3.13. The highest BCUT2D eigenvalue weighted by molar-refractivity contribution is 6.21. The first kappa shape index (κ1) is 18.3. The molecule has 0 saturated carbocycles. The summed E-state index contributed by atoms with van der Waals surface area (Å²) in [4.78, 5) is 53.3. The Morgan fingerprint density at radius 2 is 1.79 bits per heavy atom. The van der Waals surface area contributed by atoms with Crippen molar-refractivity contribution in [2.24, 2.45) is 0 Å². The quantitative estimate of drug-likeness (QED) is 0.567. The van der Waals surface area contributed by atoms with E-state index in [9.17, 15) is 29.4 Å². The van der Waals surface area contributed by atoms with Crippen molar-refractivity contribution in [3.05, 3.63) is 68.0 Å². The molecule has 28 heavy (non-hydrogen) atoms. The van der Waals surface area contributed by atoms with Crippen molar-refractivity contribution in [3.63, 3.8) is 0 Å². The van der Waals surface area contributed by atoms with Crippen LogP contribution in [0.15, 0.2) is 40.1 Å². The van der Waals surface area contributed by atoms with Gasteiger partial charge < -0.3 is 14.9 Å². The lowest BCUT2D eigenvalue weighted by atomic mass is 10.1. The van der Waals surface area contributed by atoms with E-state index in [0.29, 0.717) is 0 Å². The van der Waals surface area contributed by atoms with Crippen molar-refractivity contribution < 1.29 is 24.5 Å². The van der Waals surface area contributed by atoms with Crippen LogP contribution in [0.5, 0.6) is 0 Å². The zero-order valence-corrected chi connectivity index (χ0v) is 14.8. The van der Waals surface area contributed by atoms with E-state index in [1.165, 1.54) is 19.1 Å². The van der Waals surface area contributed by atoms with Gasteiger partial charge in [-0.15, -0.1) is 0 Å². The number of aryl methyl sites for hydroxylation is 1. The van der Waals surface area contributed by atoms with Crippen LogP contribution in [0.2, 0.25) is 0 Å². The van der Waals surface area contributed by atoms with Gasteiger partial charge in [-0.05, 0) is 19.1 Å². The Morgan fingerprint density at radius 3 is 2.32 bits per heavy atom. The van der Waals surface area contributed by atoms with E-state index in [2.05, 4.69) is 4.98 Å². The van der Waals surface area contributed by atoms with Crippen molar-refractivity contribution in [1.29, 1.82) is 0 Å². The lowest BCUT2D eigenvalue weighted by Crippen LogP contribution is -2.58. The fourth-order valence-corrected chi connectivity index (χ4v) is 3.67. The first-order valence-corrected chi connectivity index (χ1v) is 8.58. The van der Waals surface area contributed by atoms with E-state index in [4.69, 9.17) is 4.74 Å². The van der Waals surface area contributed by atoms with E-state index in [-0.39, 0.29) is 23.1 Å². The second-order valence-corrected chi connectivity index (χ2v) is 6.79. The SMILES string of the molecule is Cc1cn([C@@]2(N3C(=O)c4ccccc4C3=O)C[C@H](O)[C@@H](CO)O2)c(=O)[nH]c1=O. The molecule has 0 aliphatic carbocycles. The van der Waals surface area contributed by atoms with Gasteiger partial charge in [-0.25, -0.2) is 9.69 Å². The van der Waals surface area contributed by atoms with Gasteiger partial charge in [-0.3, -0.25) is 23.9 Å². The summed E-state index contributed by atoms with van der Waals surface area (Å²) >= 11 is 0. The number of nitrogens with zero attached hydrogens (tertiary/aromatic N) is 2. The van der Waals surface area contributed by atoms with Crippen LogP contribution in [-0.4, -0.2) is 55.3 Å². The third-order valence-electron chi connectivity index (χ3n) is 5.06. The van der Waals surface area contributed by atoms with Crippen LogP contribution in [0.25, 0.3) is 0 Å². The van der Waals surface area contributed by atoms with Gasteiger partial charge in [0.25, 0.3) is 17.4 Å². The number of aromatic nitrogens is 2. The first-order valence-electron chi connectivity index (χ1n) is 8.58. The highest BCUT2D eigenvalue weighted by Crippen LogP contribution is 2.41. The van der Waals surface area contributed by atoms with Crippen LogP contribution in [0, 0.1) is 6.92 Å². The molecule has 1 aromatic heterocycles. The van der Waals surface area contributed by atoms with Crippen molar-refractivity contribution in [3.8, 4) is 0 Å². The number of fused-ring (bicyclic) bond motifs is 1. The Hall–Kier alpha value is -3.08. The highest BCUT2D eigenvalue weighted by atomic mass is 16.6. The molecule has 1 fully saturated rings. The minimum absolute atomic E-state index is 0.131. The molecule has 146 valence electrons. The van der Waals surface area contributed by atoms with Crippen LogP contribution in [0.4, 0.5) is 0 Å². The third-order valence-corrected chi connectivity index (χ3v) is 5.06. The Labute approximate surface area is 157 Å². The fraction of sp³-hybridized carbons (Fsp3) is 0.333. The lowest BCUT2D eigenvalue weighted by Gasteiger charge is -2.37. The number of H-pyrrole nitrogens is 1. The molecule has 10 nitrogen and oxygen atoms in total. The van der Waals surface area contributed by atoms with Gasteiger partial charge in [0.15, 0.2) is 0 Å². The van der Waals surface area contributed by atoms with Gasteiger partial charge in [-0.1, -0.05) is 12.1 Å². The summed E-state index contributed by atoms with van der Waals surface area (Å²) in [6.07, 6.45) is -1.58. The number of carbonyl (C=O) groups excluding carboxylic acids is 2. The number of rotatable bonds is 3. The van der Waals surface area contributed by atoms with Crippen LogP contribution in [0.3, 0.4) is 0 Å². The number of ether oxygens (including phenoxy) is 1. The normalized spacial score (nSPS) is 26.8. The number of hydrogen-bond donors (Lipinski definition) is 3. The van der Waals surface area contributed by atoms with Crippen molar-refractivity contribution in [2.75, 3.05) is 6.61 Å². The molecule has 2 amide bonds. The number of nitrogens with one attached hydrogen (secondary N) is 1. The van der Waals surface area contributed by atoms with Gasteiger partial charge in [0, 0.05) is 18.2 Å². The Morgan fingerprint density at radius 1 is 1.18 bits per heavy atom. The van der Waals surface area contributed by atoms with Crippen LogP contribution >= 0.6 is 0 Å². The number of aromatic amines is 1. The van der Waals surface area contributed by atoms with Crippen LogP contribution < -0.4 is 11.2 Å². The zero-order valence-electron chi connectivity index (χ0n) is 14.8. The minimum Gasteiger partial charge on any atom is -0.394 e. The second kappa shape index (κ2) is 6.23. The summed E-state index contributed by atoms with van der Waals surface area (Å²) in [5.74, 6) is -3.45. The standard InChI is InChI=1S/C18H17N3O7/c1-9-7-20(17(27)19-14(9)24)18(6-12(23)13(8-22)28-18)21-15(25)10-4-2-3-5-11(10)16(21)26/h2-5,7,12-13,22-23H,6,8H2,1H3,(H,19,24,27)/t12-,13+,18+/m0/s1. The molecule has 0 bridgehead atoms. The summed E-state index contributed by atoms with van der Waals surface area (Å²) < 4.78 is 6.66.